The lowest BCUT2D eigenvalue weighted by molar-refractivity contribution is -0.138. The number of fused-ring (bicyclic) bond motifs is 1. The number of thiazole rings is 1. The molecule has 0 bridgehead atoms. The van der Waals surface area contributed by atoms with Crippen LogP contribution in [-0.4, -0.2) is 28.5 Å². The van der Waals surface area contributed by atoms with Gasteiger partial charge in [-0.3, -0.25) is 9.59 Å². The zero-order valence-electron chi connectivity index (χ0n) is 8.40. The molecule has 2 rings (SSSR count). The van der Waals surface area contributed by atoms with E-state index in [-0.39, 0.29) is 6.54 Å². The van der Waals surface area contributed by atoms with Crippen LogP contribution in [0.15, 0.2) is 0 Å². The third kappa shape index (κ3) is 1.99. The number of anilines is 1. The van der Waals surface area contributed by atoms with E-state index >= 15 is 0 Å². The van der Waals surface area contributed by atoms with Gasteiger partial charge in [0.05, 0.1) is 12.2 Å². The predicted octanol–water partition coefficient (Wildman–Crippen LogP) is 0.155. The zero-order chi connectivity index (χ0) is 11.7. The van der Waals surface area contributed by atoms with Crippen molar-refractivity contribution in [2.45, 2.75) is 18.8 Å². The van der Waals surface area contributed by atoms with Crippen molar-refractivity contribution in [3.63, 3.8) is 0 Å². The van der Waals surface area contributed by atoms with Gasteiger partial charge in [0, 0.05) is 4.88 Å². The van der Waals surface area contributed by atoms with Crippen molar-refractivity contribution in [1.82, 2.24) is 4.98 Å². The Labute approximate surface area is 95.5 Å². The van der Waals surface area contributed by atoms with Crippen molar-refractivity contribution in [3.8, 4) is 0 Å². The topological polar surface area (TPSA) is 105 Å². The standard InChI is InChI=1S/C9H11N3O3S/c10-6(13)3-11-9-12-7-4(8(14)15)1-2-5(7)16-9/h4H,1-3H2,(H2,10,13)(H,11,12)(H,14,15). The molecule has 0 aliphatic heterocycles. The van der Waals surface area contributed by atoms with Gasteiger partial charge in [-0.2, -0.15) is 0 Å². The molecule has 0 saturated carbocycles. The van der Waals surface area contributed by atoms with Crippen LogP contribution in [0.3, 0.4) is 0 Å². The summed E-state index contributed by atoms with van der Waals surface area (Å²) < 4.78 is 0. The maximum Gasteiger partial charge on any atom is 0.312 e. The fourth-order valence-electron chi connectivity index (χ4n) is 1.71. The average molecular weight is 241 g/mol. The number of nitrogens with zero attached hydrogens (tertiary/aromatic N) is 1. The smallest absolute Gasteiger partial charge is 0.312 e. The average Bonchev–Trinajstić information content (AvgIpc) is 2.71. The number of nitrogens with two attached hydrogens (primary N) is 1. The SMILES string of the molecule is NC(=O)CNc1nc2c(s1)CCC2C(=O)O. The molecule has 0 saturated heterocycles. The number of primary amides is 1. The summed E-state index contributed by atoms with van der Waals surface area (Å²) in [7, 11) is 0. The van der Waals surface area contributed by atoms with Crippen molar-refractivity contribution in [2.24, 2.45) is 5.73 Å². The Morgan fingerprint density at radius 2 is 2.38 bits per heavy atom. The quantitative estimate of drug-likeness (QED) is 0.696. The third-order valence-electron chi connectivity index (χ3n) is 2.43. The van der Waals surface area contributed by atoms with Crippen molar-refractivity contribution >= 4 is 28.3 Å². The first-order chi connectivity index (χ1) is 7.58. The molecular formula is C9H11N3O3S. The van der Waals surface area contributed by atoms with Crippen LogP contribution in [0, 0.1) is 0 Å². The number of carbonyl (C=O) groups is 2. The highest BCUT2D eigenvalue weighted by molar-refractivity contribution is 7.15. The van der Waals surface area contributed by atoms with Crippen LogP contribution >= 0.6 is 11.3 Å². The molecule has 0 aromatic carbocycles. The van der Waals surface area contributed by atoms with E-state index < -0.39 is 17.8 Å². The molecule has 6 nitrogen and oxygen atoms in total. The van der Waals surface area contributed by atoms with Crippen LogP contribution in [0.1, 0.15) is 22.9 Å². The molecule has 1 unspecified atom stereocenters. The van der Waals surface area contributed by atoms with E-state index in [2.05, 4.69) is 10.3 Å². The molecule has 1 aliphatic rings. The van der Waals surface area contributed by atoms with Gasteiger partial charge in [0.1, 0.15) is 5.92 Å². The number of aryl methyl sites for hydroxylation is 1. The molecule has 1 amide bonds. The van der Waals surface area contributed by atoms with E-state index in [1.807, 2.05) is 0 Å². The molecular weight excluding hydrogens is 230 g/mol. The molecule has 1 aromatic rings. The number of hydrogen-bond donors (Lipinski definition) is 3. The number of amides is 1. The Bertz CT molecular complexity index is 443. The molecule has 86 valence electrons. The first kappa shape index (κ1) is 10.9. The second-order valence-electron chi connectivity index (χ2n) is 3.58. The number of carboxylic acid groups (broad SMARTS) is 1. The summed E-state index contributed by atoms with van der Waals surface area (Å²) in [6.45, 7) is 0.0180. The highest BCUT2D eigenvalue weighted by Gasteiger charge is 2.32. The van der Waals surface area contributed by atoms with Crippen molar-refractivity contribution in [2.75, 3.05) is 11.9 Å². The lowest BCUT2D eigenvalue weighted by Crippen LogP contribution is -2.21. The fourth-order valence-corrected chi connectivity index (χ4v) is 2.74. The lowest BCUT2D eigenvalue weighted by Gasteiger charge is -2.01. The van der Waals surface area contributed by atoms with E-state index in [1.165, 1.54) is 11.3 Å². The summed E-state index contributed by atoms with van der Waals surface area (Å²) in [5, 5.41) is 12.3. The van der Waals surface area contributed by atoms with E-state index in [0.29, 0.717) is 17.2 Å². The molecule has 1 aliphatic carbocycles. The van der Waals surface area contributed by atoms with E-state index in [0.717, 1.165) is 11.3 Å². The van der Waals surface area contributed by atoms with Gasteiger partial charge in [-0.05, 0) is 12.8 Å². The maximum atomic E-state index is 10.9. The van der Waals surface area contributed by atoms with Gasteiger partial charge in [-0.1, -0.05) is 0 Å². The Hall–Kier alpha value is -1.63. The van der Waals surface area contributed by atoms with Crippen LogP contribution in [0.25, 0.3) is 0 Å². The Kier molecular flexibility index (Phi) is 2.78. The zero-order valence-corrected chi connectivity index (χ0v) is 9.21. The Morgan fingerprint density at radius 3 is 3.00 bits per heavy atom. The number of rotatable bonds is 4. The normalized spacial score (nSPS) is 18.1. The lowest BCUT2D eigenvalue weighted by atomic mass is 10.1. The monoisotopic (exact) mass is 241 g/mol. The van der Waals surface area contributed by atoms with Crippen LogP contribution in [0.5, 0.6) is 0 Å². The van der Waals surface area contributed by atoms with Crippen LogP contribution in [0.2, 0.25) is 0 Å². The van der Waals surface area contributed by atoms with Gasteiger partial charge >= 0.3 is 5.97 Å². The molecule has 0 radical (unpaired) electrons. The molecule has 1 aromatic heterocycles. The highest BCUT2D eigenvalue weighted by Crippen LogP contribution is 2.38. The fraction of sp³-hybridized carbons (Fsp3) is 0.444. The van der Waals surface area contributed by atoms with Crippen molar-refractivity contribution in [3.05, 3.63) is 10.6 Å². The van der Waals surface area contributed by atoms with E-state index in [9.17, 15) is 9.59 Å². The van der Waals surface area contributed by atoms with Gasteiger partial charge in [-0.25, -0.2) is 4.98 Å². The van der Waals surface area contributed by atoms with E-state index in [1.54, 1.807) is 0 Å². The molecule has 4 N–H and O–H groups in total. The summed E-state index contributed by atoms with van der Waals surface area (Å²) in [5.74, 6) is -1.81. The molecule has 7 heteroatoms. The van der Waals surface area contributed by atoms with Crippen LogP contribution < -0.4 is 11.1 Å². The summed E-state index contributed by atoms with van der Waals surface area (Å²) in [6, 6.07) is 0. The van der Waals surface area contributed by atoms with Gasteiger partial charge in [-0.15, -0.1) is 11.3 Å². The van der Waals surface area contributed by atoms with E-state index in [4.69, 9.17) is 10.8 Å². The molecule has 0 spiro atoms. The molecule has 1 heterocycles. The summed E-state index contributed by atoms with van der Waals surface area (Å²) >= 11 is 1.39. The highest BCUT2D eigenvalue weighted by atomic mass is 32.1. The summed E-state index contributed by atoms with van der Waals surface area (Å²) in [6.07, 6.45) is 1.35. The Morgan fingerprint density at radius 1 is 1.62 bits per heavy atom. The minimum Gasteiger partial charge on any atom is -0.481 e. The minimum atomic E-state index is -0.842. The third-order valence-corrected chi connectivity index (χ3v) is 3.52. The van der Waals surface area contributed by atoms with Crippen molar-refractivity contribution < 1.29 is 14.7 Å². The van der Waals surface area contributed by atoms with Gasteiger partial charge in [0.15, 0.2) is 5.13 Å². The maximum absolute atomic E-state index is 10.9. The molecule has 16 heavy (non-hydrogen) atoms. The second-order valence-corrected chi connectivity index (χ2v) is 4.66. The first-order valence-corrected chi connectivity index (χ1v) is 5.64. The first-order valence-electron chi connectivity index (χ1n) is 4.82. The van der Waals surface area contributed by atoms with Gasteiger partial charge in [0.25, 0.3) is 0 Å². The minimum absolute atomic E-state index is 0.0180. The van der Waals surface area contributed by atoms with Crippen LogP contribution in [-0.2, 0) is 16.0 Å². The molecule has 0 fully saturated rings. The number of nitrogens with one attached hydrogen (secondary N) is 1. The summed E-state index contributed by atoms with van der Waals surface area (Å²) in [4.78, 5) is 26.6. The Balaban J connectivity index is 2.13. The number of aromatic nitrogens is 1. The second kappa shape index (κ2) is 4.09. The molecule has 1 atom stereocenters. The number of hydrogen-bond acceptors (Lipinski definition) is 5. The number of carboxylic acids is 1. The number of carbonyl (C=O) groups excluding carboxylic acids is 1. The predicted molar refractivity (Wildman–Crippen MR) is 58.5 cm³/mol. The van der Waals surface area contributed by atoms with Gasteiger partial charge in [0.2, 0.25) is 5.91 Å². The van der Waals surface area contributed by atoms with Crippen molar-refractivity contribution in [1.29, 1.82) is 0 Å². The largest absolute Gasteiger partial charge is 0.481 e. The number of aliphatic carboxylic acids is 1. The summed E-state index contributed by atoms with van der Waals surface area (Å²) in [5.41, 5.74) is 5.62. The van der Waals surface area contributed by atoms with Crippen LogP contribution in [0.4, 0.5) is 5.13 Å². The van der Waals surface area contributed by atoms with Gasteiger partial charge < -0.3 is 16.2 Å².